The van der Waals surface area contributed by atoms with Gasteiger partial charge in [0.25, 0.3) is 0 Å². The van der Waals surface area contributed by atoms with Gasteiger partial charge in [-0.15, -0.1) is 0 Å². The van der Waals surface area contributed by atoms with Crippen molar-refractivity contribution >= 4 is 51.9 Å². The van der Waals surface area contributed by atoms with Crippen molar-refractivity contribution in [3.8, 4) is 11.5 Å². The van der Waals surface area contributed by atoms with Crippen molar-refractivity contribution in [1.82, 2.24) is 15.1 Å². The number of anilines is 1. The Hall–Kier alpha value is -5.04. The highest BCUT2D eigenvalue weighted by Crippen LogP contribution is 2.40. The zero-order chi connectivity index (χ0) is 36.5. The number of hydrogen-bond donors (Lipinski definition) is 3. The topological polar surface area (TPSA) is 141 Å². The van der Waals surface area contributed by atoms with Crippen LogP contribution in [0.15, 0.2) is 73.2 Å². The first-order chi connectivity index (χ1) is 25.1. The molecule has 12 nitrogen and oxygen atoms in total. The fourth-order valence-corrected chi connectivity index (χ4v) is 8.06. The van der Waals surface area contributed by atoms with E-state index in [1.54, 1.807) is 41.4 Å². The van der Waals surface area contributed by atoms with Crippen LogP contribution in [0.4, 0.5) is 10.5 Å². The first-order valence-corrected chi connectivity index (χ1v) is 17.7. The first-order valence-electron chi connectivity index (χ1n) is 16.9. The van der Waals surface area contributed by atoms with Crippen molar-refractivity contribution in [3.05, 3.63) is 111 Å². The normalized spacial score (nSPS) is 18.6. The van der Waals surface area contributed by atoms with Crippen molar-refractivity contribution in [2.24, 2.45) is 5.92 Å². The Bertz CT molecular complexity index is 2110. The number of ether oxygens (including phenoxy) is 3. The van der Waals surface area contributed by atoms with Gasteiger partial charge in [0.2, 0.25) is 12.4 Å². The molecule has 0 aliphatic carbocycles. The number of aromatic nitrogens is 3. The van der Waals surface area contributed by atoms with Gasteiger partial charge in [0.05, 0.1) is 43.7 Å². The third-order valence-electron chi connectivity index (χ3n) is 10.2. The summed E-state index contributed by atoms with van der Waals surface area (Å²) in [4.78, 5) is 31.0. The van der Waals surface area contributed by atoms with Gasteiger partial charge >= 0.3 is 12.1 Å². The number of rotatable bonds is 11. The molecule has 3 fully saturated rings. The lowest BCUT2D eigenvalue weighted by Crippen LogP contribution is -2.53. The maximum atomic E-state index is 14.2. The molecule has 2 bridgehead atoms. The zero-order valence-corrected chi connectivity index (χ0v) is 30.1. The summed E-state index contributed by atoms with van der Waals surface area (Å²) in [5, 5.41) is 29.0. The van der Waals surface area contributed by atoms with Crippen LogP contribution < -0.4 is 19.1 Å². The Morgan fingerprint density at radius 1 is 1.04 bits per heavy atom. The molecule has 5 heterocycles. The molecule has 0 saturated carbocycles. The summed E-state index contributed by atoms with van der Waals surface area (Å²) in [5.74, 6) is -0.505. The monoisotopic (exact) mass is 746 g/mol. The van der Waals surface area contributed by atoms with Gasteiger partial charge in [0.15, 0.2) is 11.5 Å². The lowest BCUT2D eigenvalue weighted by Gasteiger charge is -2.44. The fraction of sp³-hybridized carbons (Fsp3) is 0.316. The van der Waals surface area contributed by atoms with Crippen molar-refractivity contribution < 1.29 is 38.8 Å². The van der Waals surface area contributed by atoms with E-state index in [-0.39, 0.29) is 34.7 Å². The largest absolute Gasteiger partial charge is 0.493 e. The number of pyridine rings is 1. The Morgan fingerprint density at radius 2 is 1.79 bits per heavy atom. The molecular formula is C38H38Cl2N5O7+. The molecule has 0 spiro atoms. The SMILES string of the molecule is COc1ccc([C@H](Cc2c(Cl)c[n+](O)cc2Cl)c2cc(CN(C(=O)O[C@H]3CN4CCC3CC4)c3cccc4cn[nH]c34)ccc2C(=O)O)cc1OC. The molecular weight excluding hydrogens is 709 g/mol. The smallest absolute Gasteiger partial charge is 0.414 e. The molecule has 52 heavy (non-hydrogen) atoms. The van der Waals surface area contributed by atoms with Crippen molar-refractivity contribution in [2.75, 3.05) is 38.8 Å². The Morgan fingerprint density at radius 3 is 2.46 bits per heavy atom. The molecule has 3 aromatic carbocycles. The van der Waals surface area contributed by atoms with Gasteiger partial charge < -0.3 is 19.3 Å². The van der Waals surface area contributed by atoms with Crippen LogP contribution >= 0.6 is 23.2 Å². The molecule has 1 amide bonds. The number of aromatic amines is 1. The van der Waals surface area contributed by atoms with Gasteiger partial charge in [-0.1, -0.05) is 53.5 Å². The van der Waals surface area contributed by atoms with Crippen molar-refractivity contribution in [3.63, 3.8) is 0 Å². The minimum atomic E-state index is -1.13. The number of fused-ring (bicyclic) bond motifs is 4. The second-order valence-electron chi connectivity index (χ2n) is 13.2. The highest BCUT2D eigenvalue weighted by Gasteiger charge is 2.38. The van der Waals surface area contributed by atoms with Gasteiger partial charge in [0.1, 0.15) is 16.1 Å². The van der Waals surface area contributed by atoms with Crippen LogP contribution in [0.3, 0.4) is 0 Å². The molecule has 3 saturated heterocycles. The molecule has 270 valence electrons. The summed E-state index contributed by atoms with van der Waals surface area (Å²) in [6.07, 6.45) is 5.74. The van der Waals surface area contributed by atoms with E-state index in [0.717, 1.165) is 36.0 Å². The molecule has 0 unspecified atom stereocenters. The van der Waals surface area contributed by atoms with E-state index in [1.165, 1.54) is 26.6 Å². The molecule has 8 rings (SSSR count). The molecule has 5 aromatic rings. The van der Waals surface area contributed by atoms with Crippen LogP contribution in [0, 0.1) is 5.92 Å². The summed E-state index contributed by atoms with van der Waals surface area (Å²) < 4.78 is 18.1. The van der Waals surface area contributed by atoms with Crippen molar-refractivity contribution in [1.29, 1.82) is 0 Å². The number of amides is 1. The quantitative estimate of drug-likeness (QED) is 0.0992. The third-order valence-corrected chi connectivity index (χ3v) is 10.8. The summed E-state index contributed by atoms with van der Waals surface area (Å²) in [5.41, 5.74) is 3.63. The van der Waals surface area contributed by atoms with Crippen LogP contribution in [0.2, 0.25) is 10.0 Å². The van der Waals surface area contributed by atoms with E-state index < -0.39 is 18.0 Å². The van der Waals surface area contributed by atoms with Gasteiger partial charge in [0, 0.05) is 28.1 Å². The molecule has 14 heteroatoms. The number of H-pyrrole nitrogens is 1. The average Bonchev–Trinajstić information content (AvgIpc) is 3.63. The van der Waals surface area contributed by atoms with Gasteiger partial charge in [-0.25, -0.2) is 9.59 Å². The summed E-state index contributed by atoms with van der Waals surface area (Å²) in [7, 11) is 3.06. The standard InChI is InChI=1S/C38H37Cl2N5O7/c1-50-33-9-7-24(15-34(33)51-2)27(16-29-30(39)19-44(49)20-31(29)40)28-14-22(6-8-26(28)37(46)47)18-45(32-5-3-4-25-17-41-42-36(25)32)38(48)52-35-21-43-12-10-23(35)11-13-43/h3-9,14-15,17,19-20,23,27,35H,10-13,16,18,21H2,1-2H3,(H2-,41,42,46,47,49)/p+1/t27-,35-/m0/s1. The van der Waals surface area contributed by atoms with Gasteiger partial charge in [-0.2, -0.15) is 5.10 Å². The number of carboxylic acid groups (broad SMARTS) is 1. The number of nitrogens with zero attached hydrogens (tertiary/aromatic N) is 4. The number of carbonyl (C=O) groups is 2. The molecule has 2 aromatic heterocycles. The van der Waals surface area contributed by atoms with Gasteiger partial charge in [-0.3, -0.25) is 20.1 Å². The Balaban J connectivity index is 1.32. The van der Waals surface area contributed by atoms with E-state index in [2.05, 4.69) is 15.1 Å². The van der Waals surface area contributed by atoms with E-state index >= 15 is 0 Å². The molecule has 3 aliphatic rings. The summed E-state index contributed by atoms with van der Waals surface area (Å²) >= 11 is 13.2. The van der Waals surface area contributed by atoms with Crippen LogP contribution in [-0.4, -0.2) is 77.4 Å². The van der Waals surface area contributed by atoms with E-state index in [1.807, 2.05) is 24.3 Å². The predicted octanol–water partition coefficient (Wildman–Crippen LogP) is 6.72. The lowest BCUT2D eigenvalue weighted by molar-refractivity contribution is -0.904. The first kappa shape index (κ1) is 35.4. The second kappa shape index (κ2) is 14.9. The highest BCUT2D eigenvalue weighted by molar-refractivity contribution is 6.35. The lowest BCUT2D eigenvalue weighted by atomic mass is 9.82. The van der Waals surface area contributed by atoms with Gasteiger partial charge in [-0.05, 0) is 79.2 Å². The number of hydrogen-bond acceptors (Lipinski definition) is 8. The number of carboxylic acids is 1. The van der Waals surface area contributed by atoms with E-state index in [4.69, 9.17) is 37.4 Å². The number of benzene rings is 3. The predicted molar refractivity (Wildman–Crippen MR) is 194 cm³/mol. The molecule has 2 atom stereocenters. The van der Waals surface area contributed by atoms with Crippen LogP contribution in [0.1, 0.15) is 51.4 Å². The number of para-hydroxylation sites is 1. The van der Waals surface area contributed by atoms with E-state index in [9.17, 15) is 19.9 Å². The zero-order valence-electron chi connectivity index (χ0n) is 28.6. The summed E-state index contributed by atoms with van der Waals surface area (Å²) in [6, 6.07) is 16.0. The number of methoxy groups -OCH3 is 2. The highest BCUT2D eigenvalue weighted by atomic mass is 35.5. The Labute approximate surface area is 310 Å². The number of halogens is 2. The minimum absolute atomic E-state index is 0.0565. The number of nitrogens with one attached hydrogen (secondary N) is 1. The molecule has 0 radical (unpaired) electrons. The minimum Gasteiger partial charge on any atom is -0.493 e. The Kier molecular flexibility index (Phi) is 10.1. The average molecular weight is 748 g/mol. The number of piperidine rings is 3. The molecule has 3 aliphatic heterocycles. The maximum absolute atomic E-state index is 14.2. The number of aromatic carboxylic acids is 1. The van der Waals surface area contributed by atoms with Crippen LogP contribution in [-0.2, 0) is 17.7 Å². The second-order valence-corrected chi connectivity index (χ2v) is 14.0. The third kappa shape index (κ3) is 7.06. The van der Waals surface area contributed by atoms with Crippen molar-refractivity contribution in [2.45, 2.75) is 37.8 Å². The summed E-state index contributed by atoms with van der Waals surface area (Å²) in [6.45, 7) is 2.79. The van der Waals surface area contributed by atoms with E-state index in [0.29, 0.717) is 57.4 Å². The molecule has 3 N–H and O–H groups in total. The number of carbonyl (C=O) groups excluding carboxylic acids is 1. The van der Waals surface area contributed by atoms with Crippen LogP contribution in [0.25, 0.3) is 10.9 Å². The van der Waals surface area contributed by atoms with Crippen LogP contribution in [0.5, 0.6) is 11.5 Å². The fourth-order valence-electron chi connectivity index (χ4n) is 7.46. The maximum Gasteiger partial charge on any atom is 0.414 e.